The minimum Gasteiger partial charge on any atom is -0.400 e. The Hall–Kier alpha value is -2.39. The first-order valence-electron chi connectivity index (χ1n) is 53.7. The third-order valence-electron chi connectivity index (χ3n) is 23.0. The zero-order chi connectivity index (χ0) is 114. The maximum atomic E-state index is 13.1. The van der Waals surface area contributed by atoms with Crippen LogP contribution < -0.4 is 10.6 Å². The van der Waals surface area contributed by atoms with Crippen LogP contribution in [0.2, 0.25) is 0 Å². The number of carbonyl (C=O) groups is 4. The molecular formula is C93H190N5O41P3S2. The van der Waals surface area contributed by atoms with Crippen molar-refractivity contribution in [2.45, 2.75) is 353 Å². The molecule has 19 atom stereocenters. The van der Waals surface area contributed by atoms with Crippen LogP contribution in [0, 0.1) is 11.3 Å². The van der Waals surface area contributed by atoms with E-state index >= 15 is 0 Å². The van der Waals surface area contributed by atoms with Gasteiger partial charge in [-0.1, -0.05) is 88.4 Å². The molecule has 0 aromatic rings. The summed E-state index contributed by atoms with van der Waals surface area (Å²) in [6.07, 6.45) is -4.02. The topological polar surface area (TPSA) is 632 Å². The molecule has 0 spiro atoms. The van der Waals surface area contributed by atoms with Crippen molar-refractivity contribution in [3.63, 3.8) is 0 Å². The number of aliphatic hydroxyl groups excluding tert-OH is 12. The number of hydrogen-bond donors (Lipinski definition) is 17. The molecule has 144 heavy (non-hydrogen) atoms. The Labute approximate surface area is 875 Å². The van der Waals surface area contributed by atoms with Crippen LogP contribution in [-0.4, -0.2) is 442 Å². The summed E-state index contributed by atoms with van der Waals surface area (Å²) in [4.78, 5) is 87.2. The molecule has 6 saturated heterocycles. The van der Waals surface area contributed by atoms with E-state index in [0.29, 0.717) is 196 Å². The Morgan fingerprint density at radius 2 is 0.778 bits per heavy atom. The van der Waals surface area contributed by atoms with E-state index < -0.39 is 176 Å². The lowest BCUT2D eigenvalue weighted by Crippen LogP contribution is -2.64. The Morgan fingerprint density at radius 1 is 0.431 bits per heavy atom. The summed E-state index contributed by atoms with van der Waals surface area (Å²) in [5.41, 5.74) is -1.42. The third kappa shape index (κ3) is 61.6. The maximum Gasteiger partial charge on any atom is 0.472 e. The molecule has 19 unspecified atom stereocenters. The Kier molecular flexibility index (Phi) is 82.6. The lowest BCUT2D eigenvalue weighted by molar-refractivity contribution is -0.282. The van der Waals surface area contributed by atoms with Gasteiger partial charge >= 0.3 is 23.5 Å². The summed E-state index contributed by atoms with van der Waals surface area (Å²) in [6, 6.07) is -2.11. The molecule has 6 heterocycles. The Bertz CT molecular complexity index is 3350. The van der Waals surface area contributed by atoms with Crippen molar-refractivity contribution in [1.82, 2.24) is 25.3 Å². The highest BCUT2D eigenvalue weighted by Gasteiger charge is 2.48. The van der Waals surface area contributed by atoms with Gasteiger partial charge < -0.3 is 163 Å². The van der Waals surface area contributed by atoms with Crippen molar-refractivity contribution in [1.29, 1.82) is 4.29 Å². The molecule has 860 valence electrons. The number of phosphoric acid groups is 3. The van der Waals surface area contributed by atoms with Gasteiger partial charge in [0.25, 0.3) is 0 Å². The van der Waals surface area contributed by atoms with Crippen molar-refractivity contribution in [3.8, 4) is 0 Å². The second kappa shape index (κ2) is 88.9. The molecule has 51 heteroatoms. The van der Waals surface area contributed by atoms with E-state index in [1.54, 1.807) is 23.8 Å². The van der Waals surface area contributed by atoms with Crippen LogP contribution in [0.1, 0.15) is 248 Å². The molecule has 0 bridgehead atoms. The number of likely N-dealkylation sites (tertiary alicyclic amines) is 3. The maximum absolute atomic E-state index is 13.1. The average molecular weight is 2200 g/mol. The lowest BCUT2D eigenvalue weighted by atomic mass is 9.84. The Morgan fingerprint density at radius 3 is 1.16 bits per heavy atom. The van der Waals surface area contributed by atoms with E-state index in [4.69, 9.17) is 97.1 Å². The van der Waals surface area contributed by atoms with Crippen LogP contribution >= 0.6 is 23.5 Å². The standard InChI is InChI=1S/C69H128N5O34P3.C15H32O4.3C2H6.3CH4O.S2/c1-47-60(82)61(83)53(41-75)103-66(47)97-36-13-7-17-56(80)73-31-23-52(24-32-73)108-111(92,93)102-40-16-34-96-46-69(44-94-4,45-95-33-15-39-101-110(90,91)106-50-19-27-72(28-20-50)26-10-6-11-35-98-67-58(70-48(2)78)64(86)62(84)54(42-76)104-67)25-9-5-12-38-100-109(88,89)107-51-21-29-74(30-22-51)57(81)18-8-14-37-99-68-59(71-49(3)79)65(87)63(85)55(43-77)105-68;1-5-8-11-19-15(12-16-4,13-17-9-6-2)14-18-10-7-3;7*1-2/h47,50-55,58-68,75-77,82-87H,5-46H2,1-4H3,(H,70,78)(H,71,79)(H,88,89)(H,90,91)(H,92,93);5-14H2,1-4H3;3*1-2H3;3*2H,1H3;/i;1D,2D,3D;;;;3*2T;. The minimum absolute atomic E-state index is 0.0898. The van der Waals surface area contributed by atoms with E-state index in [9.17, 15) is 93.5 Å². The number of methoxy groups -OCH3 is 2. The second-order valence-corrected chi connectivity index (χ2v) is 38.2. The molecule has 6 aliphatic rings. The number of amides is 4. The highest BCUT2D eigenvalue weighted by molar-refractivity contribution is 8.07. The van der Waals surface area contributed by atoms with Gasteiger partial charge in [-0.05, 0) is 135 Å². The first kappa shape index (κ1) is 134. The number of phosphoric ester groups is 3. The van der Waals surface area contributed by atoms with Gasteiger partial charge in [-0.3, -0.25) is 46.3 Å². The molecule has 17 N–H and O–H groups in total. The second-order valence-electron chi connectivity index (χ2n) is 34.0. The largest absolute Gasteiger partial charge is 0.472 e. The number of nitrogens with one attached hydrogen (secondary N) is 2. The third-order valence-corrected chi connectivity index (χ3v) is 26.2. The molecule has 0 aliphatic carbocycles. The summed E-state index contributed by atoms with van der Waals surface area (Å²) in [5, 5.41) is 106. The molecule has 46 nitrogen and oxygen atoms in total. The highest BCUT2D eigenvalue weighted by Crippen LogP contribution is 2.49. The van der Waals surface area contributed by atoms with Crippen LogP contribution in [0.15, 0.2) is 0 Å². The first-order valence-corrected chi connectivity index (χ1v) is 56.2. The first-order chi connectivity index (χ1) is 71.9. The van der Waals surface area contributed by atoms with Gasteiger partial charge in [0.15, 0.2) is 18.9 Å². The molecule has 6 aliphatic heterocycles. The fourth-order valence-electron chi connectivity index (χ4n) is 15.7. The van der Waals surface area contributed by atoms with E-state index in [1.807, 2.05) is 41.5 Å². The highest BCUT2D eigenvalue weighted by atomic mass is 32.8. The SMILES string of the molecule is CC.CC.CC.COCC(CCCCCOP(=O)(O)OC1CCN(C(=O)CCCCOC2OC(CO)C(O)C(O)C2NC(C)=O)CC1)(COCCCOP(=O)(O)OC1CCN(CCCCCOC2OC(CO)C(O)C(O)C2NC(C)=O)CC1)COCCCOP(=O)(O)OC1CCN(C(=O)CCCCOC2OC(CO)C(O)C(O)C2C)CC1.S=S.[2H]CCCCOC(COC)(COCCC[2H])COCCC[2H].[3H]OC.[3H]OC.[3H]OC. The predicted molar refractivity (Wildman–Crippen MR) is 541 cm³/mol. The van der Waals surface area contributed by atoms with Gasteiger partial charge in [0, 0.05) is 192 Å². The molecule has 0 radical (unpaired) electrons. The number of aliphatic hydroxyl groups is 12. The Balaban J connectivity index is -0.00000471. The molecule has 0 aromatic carbocycles. The van der Waals surface area contributed by atoms with E-state index in [2.05, 4.69) is 53.2 Å². The van der Waals surface area contributed by atoms with Gasteiger partial charge in [0.1, 0.15) is 66.5 Å². The molecule has 0 saturated carbocycles. The quantitative estimate of drug-likeness (QED) is 0.0271. The predicted octanol–water partition coefficient (Wildman–Crippen LogP) is 5.30. The van der Waals surface area contributed by atoms with E-state index in [-0.39, 0.29) is 123 Å². The van der Waals surface area contributed by atoms with Gasteiger partial charge in [-0.15, -0.1) is 0 Å². The number of carbonyl (C=O) groups excluding carboxylic acids is 4. The number of unbranched alkanes of at least 4 members (excludes halogenated alkanes) is 7. The van der Waals surface area contributed by atoms with E-state index in [1.165, 1.54) is 42.3 Å². The van der Waals surface area contributed by atoms with Crippen molar-refractivity contribution in [2.24, 2.45) is 11.3 Å². The van der Waals surface area contributed by atoms with Crippen molar-refractivity contribution < 1.29 is 202 Å². The van der Waals surface area contributed by atoms with Crippen LogP contribution in [0.3, 0.4) is 0 Å². The van der Waals surface area contributed by atoms with Crippen molar-refractivity contribution in [2.75, 3.05) is 213 Å². The number of piperidine rings is 3. The summed E-state index contributed by atoms with van der Waals surface area (Å²) in [7, 11) is -6.45. The zero-order valence-electron chi connectivity index (χ0n) is 94.0. The van der Waals surface area contributed by atoms with Crippen LogP contribution in [0.25, 0.3) is 0 Å². The normalized spacial score (nSPS) is 25.4. The monoisotopic (exact) mass is 2200 g/mol. The van der Waals surface area contributed by atoms with Crippen LogP contribution in [-0.2, 0) is 144 Å². The number of rotatable bonds is 67. The van der Waals surface area contributed by atoms with Gasteiger partial charge in [-0.2, -0.15) is 0 Å². The minimum atomic E-state index is -4.52. The van der Waals surface area contributed by atoms with Gasteiger partial charge in [0.2, 0.25) is 27.9 Å². The summed E-state index contributed by atoms with van der Waals surface area (Å²) < 4.78 is 185. The lowest BCUT2D eigenvalue weighted by Gasteiger charge is -2.42. The van der Waals surface area contributed by atoms with Crippen molar-refractivity contribution >= 4 is 69.5 Å². The number of ether oxygens (including phenoxy) is 13. The van der Waals surface area contributed by atoms with Gasteiger partial charge in [-0.25, -0.2) is 13.7 Å². The molecule has 6 fully saturated rings. The smallest absolute Gasteiger partial charge is 0.400 e. The van der Waals surface area contributed by atoms with Crippen LogP contribution in [0.5, 0.6) is 0 Å². The summed E-state index contributed by atoms with van der Waals surface area (Å²) in [6.45, 7) is 22.2. The average Bonchev–Trinajstić information content (AvgIpc) is 0.804. The van der Waals surface area contributed by atoms with E-state index in [0.717, 1.165) is 32.2 Å². The number of hydrogen-bond acceptors (Lipinski definition) is 41. The zero-order valence-corrected chi connectivity index (χ0v) is 92.3. The fraction of sp³-hybridized carbons (Fsp3) is 0.957. The van der Waals surface area contributed by atoms with Crippen molar-refractivity contribution in [3.05, 3.63) is 0 Å². The van der Waals surface area contributed by atoms with Crippen LogP contribution in [0.4, 0.5) is 0 Å². The summed E-state index contributed by atoms with van der Waals surface area (Å²) >= 11 is 7.33. The fourth-order valence-corrected chi connectivity index (χ4v) is 18.8. The molecule has 0 aromatic heterocycles. The molecule has 6 rings (SSSR count). The summed E-state index contributed by atoms with van der Waals surface area (Å²) in [5.74, 6) is -1.68. The van der Waals surface area contributed by atoms with Gasteiger partial charge in [0.05, 0.1) is 104 Å². The molecular weight excluding hydrogens is 2000 g/mol. The number of nitrogens with zero attached hydrogens (tertiary/aromatic N) is 3. The molecule has 4 amide bonds.